The van der Waals surface area contributed by atoms with E-state index in [-0.39, 0.29) is 33.2 Å². The minimum absolute atomic E-state index is 0.0735. The molecule has 0 spiro atoms. The van der Waals surface area contributed by atoms with Gasteiger partial charge in [-0.25, -0.2) is 14.2 Å². The van der Waals surface area contributed by atoms with Crippen molar-refractivity contribution in [1.82, 2.24) is 19.9 Å². The highest BCUT2D eigenvalue weighted by Gasteiger charge is 2.21. The van der Waals surface area contributed by atoms with E-state index in [1.54, 1.807) is 6.07 Å². The van der Waals surface area contributed by atoms with Crippen molar-refractivity contribution in [1.29, 1.82) is 0 Å². The number of hydrogen-bond acceptors (Lipinski definition) is 9. The van der Waals surface area contributed by atoms with Crippen LogP contribution in [0.2, 0.25) is 0 Å². The first-order chi connectivity index (χ1) is 16.6. The Bertz CT molecular complexity index is 1780. The molecule has 0 amide bonds. The number of nitrogens with zero attached hydrogens (tertiary/aromatic N) is 3. The number of nitrogens with one attached hydrogen (secondary N) is 2. The lowest BCUT2D eigenvalue weighted by atomic mass is 10.1. The van der Waals surface area contributed by atoms with E-state index in [1.807, 2.05) is 0 Å². The third-order valence-corrected chi connectivity index (χ3v) is 6.27. The molecule has 35 heavy (non-hydrogen) atoms. The Hall–Kier alpha value is -4.18. The van der Waals surface area contributed by atoms with E-state index in [4.69, 9.17) is 0 Å². The first kappa shape index (κ1) is 22.6. The molecule has 0 saturated carbocycles. The average molecular weight is 514 g/mol. The number of aromatic nitrogens is 4. The van der Waals surface area contributed by atoms with Crippen LogP contribution in [0, 0.1) is 10.1 Å². The second-order valence-electron chi connectivity index (χ2n) is 7.28. The van der Waals surface area contributed by atoms with Gasteiger partial charge in [-0.1, -0.05) is 6.07 Å². The monoisotopic (exact) mass is 514 g/mol. The van der Waals surface area contributed by atoms with Crippen LogP contribution >= 0.6 is 0 Å². The predicted octanol–water partition coefficient (Wildman–Crippen LogP) is 3.10. The van der Waals surface area contributed by atoms with E-state index in [0.717, 1.165) is 0 Å². The first-order valence-electron chi connectivity index (χ1n) is 9.62. The van der Waals surface area contributed by atoms with Gasteiger partial charge in [0, 0.05) is 17.7 Å². The maximum Gasteiger partial charge on any atom is 0.294 e. The van der Waals surface area contributed by atoms with Crippen molar-refractivity contribution < 1.29 is 30.8 Å². The van der Waals surface area contributed by atoms with Gasteiger partial charge in [0.25, 0.3) is 15.8 Å². The van der Waals surface area contributed by atoms with Gasteiger partial charge in [-0.2, -0.15) is 8.42 Å². The van der Waals surface area contributed by atoms with Crippen molar-refractivity contribution in [3.05, 3.63) is 64.7 Å². The number of nitro groups is 1. The Kier molecular flexibility index (Phi) is 5.32. The van der Waals surface area contributed by atoms with E-state index < -0.39 is 26.4 Å². The SMILES string of the molecule is O=[N+]([O-])c1cc(-c2nc3ccc(OS(=O)[O-])cc3[nH]2)ccc1-c1nc2ccc(S(=O)(=O)O)cc2[nH]1. The Morgan fingerprint density at radius 2 is 1.60 bits per heavy atom. The van der Waals surface area contributed by atoms with Gasteiger partial charge in [-0.05, 0) is 36.4 Å². The van der Waals surface area contributed by atoms with Gasteiger partial charge in [0.15, 0.2) is 0 Å². The molecule has 0 fully saturated rings. The third-order valence-electron chi connectivity index (χ3n) is 5.09. The molecule has 0 bridgehead atoms. The highest BCUT2D eigenvalue weighted by atomic mass is 32.2. The van der Waals surface area contributed by atoms with Crippen LogP contribution in [0.15, 0.2) is 59.5 Å². The summed E-state index contributed by atoms with van der Waals surface area (Å²) in [6.07, 6.45) is 0. The molecule has 3 aromatic carbocycles. The summed E-state index contributed by atoms with van der Waals surface area (Å²) in [5.74, 6) is 0.504. The first-order valence-corrected chi connectivity index (χ1v) is 12.1. The molecule has 2 aromatic heterocycles. The Morgan fingerprint density at radius 3 is 2.29 bits per heavy atom. The van der Waals surface area contributed by atoms with E-state index in [9.17, 15) is 31.8 Å². The van der Waals surface area contributed by atoms with Gasteiger partial charge in [0.2, 0.25) is 0 Å². The molecule has 0 radical (unpaired) electrons. The molecule has 3 N–H and O–H groups in total. The van der Waals surface area contributed by atoms with Gasteiger partial charge in [0.05, 0.1) is 37.4 Å². The summed E-state index contributed by atoms with van der Waals surface area (Å²) in [6, 6.07) is 12.5. The van der Waals surface area contributed by atoms with Crippen molar-refractivity contribution in [3.63, 3.8) is 0 Å². The van der Waals surface area contributed by atoms with Gasteiger partial charge in [-0.15, -0.1) is 0 Å². The van der Waals surface area contributed by atoms with Crippen LogP contribution in [0.4, 0.5) is 5.69 Å². The minimum Gasteiger partial charge on any atom is -0.740 e. The Morgan fingerprint density at radius 1 is 0.943 bits per heavy atom. The van der Waals surface area contributed by atoms with Crippen LogP contribution in [0.25, 0.3) is 44.8 Å². The molecule has 178 valence electrons. The molecular formula is C20H12N5O8S2-. The van der Waals surface area contributed by atoms with Crippen LogP contribution in [0.3, 0.4) is 0 Å². The zero-order chi connectivity index (χ0) is 24.9. The standard InChI is InChI=1S/C20H13N5O8S2/c26-25(27)18-7-10(19-21-14-5-2-11(33-34(28)29)8-16(14)23-19)1-4-13(18)20-22-15-6-3-12(35(30,31)32)9-17(15)24-20/h1-9H,(H,21,23)(H,22,24)(H,28,29)(H,30,31,32)/p-1. The molecule has 5 aromatic rings. The quantitative estimate of drug-likeness (QED) is 0.131. The number of imidazole rings is 2. The number of aromatic amines is 2. The summed E-state index contributed by atoms with van der Waals surface area (Å²) in [5, 5.41) is 11.8. The van der Waals surface area contributed by atoms with Gasteiger partial charge < -0.3 is 18.7 Å². The number of hydrogen-bond donors (Lipinski definition) is 3. The van der Waals surface area contributed by atoms with E-state index >= 15 is 0 Å². The summed E-state index contributed by atoms with van der Waals surface area (Å²) in [4.78, 5) is 25.4. The summed E-state index contributed by atoms with van der Waals surface area (Å²) in [6.45, 7) is 0. The van der Waals surface area contributed by atoms with E-state index in [0.29, 0.717) is 27.9 Å². The maximum absolute atomic E-state index is 11.8. The molecule has 1 atom stereocenters. The van der Waals surface area contributed by atoms with Crippen molar-refractivity contribution in [3.8, 4) is 28.5 Å². The van der Waals surface area contributed by atoms with E-state index in [2.05, 4.69) is 24.1 Å². The zero-order valence-corrected chi connectivity index (χ0v) is 18.8. The number of H-pyrrole nitrogens is 2. The van der Waals surface area contributed by atoms with Crippen molar-refractivity contribution in [2.45, 2.75) is 4.90 Å². The fourth-order valence-electron chi connectivity index (χ4n) is 3.56. The molecule has 0 saturated heterocycles. The maximum atomic E-state index is 11.8. The van der Waals surface area contributed by atoms with Crippen LogP contribution in [-0.2, 0) is 21.5 Å². The summed E-state index contributed by atoms with van der Waals surface area (Å²) >= 11 is -2.74. The smallest absolute Gasteiger partial charge is 0.294 e. The fraction of sp³-hybridized carbons (Fsp3) is 0. The highest BCUT2D eigenvalue weighted by Crippen LogP contribution is 2.34. The number of rotatable bonds is 6. The summed E-state index contributed by atoms with van der Waals surface area (Å²) in [5.41, 5.74) is 1.80. The topological polar surface area (TPSA) is 204 Å². The normalized spacial score (nSPS) is 12.7. The van der Waals surface area contributed by atoms with Crippen molar-refractivity contribution in [2.75, 3.05) is 0 Å². The van der Waals surface area contributed by atoms with Crippen LogP contribution in [0.1, 0.15) is 0 Å². The second kappa shape index (κ2) is 8.24. The minimum atomic E-state index is -4.43. The average Bonchev–Trinajstić information content (AvgIpc) is 3.41. The molecule has 1 unspecified atom stereocenters. The molecule has 5 rings (SSSR count). The Balaban J connectivity index is 1.57. The molecule has 13 nitrogen and oxygen atoms in total. The lowest BCUT2D eigenvalue weighted by Gasteiger charge is -2.05. The third kappa shape index (κ3) is 4.35. The van der Waals surface area contributed by atoms with Crippen LogP contribution < -0.4 is 4.18 Å². The number of benzene rings is 3. The lowest BCUT2D eigenvalue weighted by Crippen LogP contribution is -1.97. The number of fused-ring (bicyclic) bond motifs is 2. The van der Waals surface area contributed by atoms with Crippen molar-refractivity contribution in [2.24, 2.45) is 0 Å². The molecule has 0 aliphatic heterocycles. The Labute approximate surface area is 198 Å². The van der Waals surface area contributed by atoms with Gasteiger partial charge in [-0.3, -0.25) is 14.7 Å². The van der Waals surface area contributed by atoms with Crippen molar-refractivity contribution >= 4 is 49.2 Å². The fourth-order valence-corrected chi connectivity index (χ4v) is 4.33. The van der Waals surface area contributed by atoms with E-state index in [1.165, 1.54) is 48.5 Å². The largest absolute Gasteiger partial charge is 0.740 e. The summed E-state index contributed by atoms with van der Waals surface area (Å²) in [7, 11) is -4.43. The zero-order valence-electron chi connectivity index (χ0n) is 17.2. The van der Waals surface area contributed by atoms with Gasteiger partial charge >= 0.3 is 0 Å². The molecular weight excluding hydrogens is 502 g/mol. The predicted molar refractivity (Wildman–Crippen MR) is 123 cm³/mol. The van der Waals surface area contributed by atoms with Gasteiger partial charge in [0.1, 0.15) is 28.8 Å². The van der Waals surface area contributed by atoms with Crippen LogP contribution in [-0.4, -0.2) is 46.6 Å². The highest BCUT2D eigenvalue weighted by molar-refractivity contribution is 7.85. The molecule has 0 aliphatic rings. The molecule has 0 aliphatic carbocycles. The lowest BCUT2D eigenvalue weighted by molar-refractivity contribution is -0.384. The number of nitro benzene ring substituents is 1. The van der Waals surface area contributed by atoms with Crippen LogP contribution in [0.5, 0.6) is 5.75 Å². The summed E-state index contributed by atoms with van der Waals surface area (Å²) < 4.78 is 58.1. The second-order valence-corrected chi connectivity index (χ2v) is 9.28. The molecule has 2 heterocycles. The molecule has 15 heteroatoms.